The molecule has 0 bridgehead atoms. The molecule has 0 amide bonds. The van der Waals surface area contributed by atoms with E-state index in [0.717, 1.165) is 6.42 Å². The summed E-state index contributed by atoms with van der Waals surface area (Å²) in [6.45, 7) is 6.97. The largest absolute Gasteiger partial charge is 0.373 e. The van der Waals surface area contributed by atoms with Crippen molar-refractivity contribution < 1.29 is 9.13 Å². The molecule has 1 aromatic rings. The predicted molar refractivity (Wildman–Crippen MR) is 81.0 cm³/mol. The van der Waals surface area contributed by atoms with Gasteiger partial charge in [0.05, 0.1) is 18.3 Å². The molecule has 0 heterocycles. The van der Waals surface area contributed by atoms with E-state index >= 15 is 0 Å². The lowest BCUT2D eigenvalue weighted by atomic mass is 9.75. The van der Waals surface area contributed by atoms with Crippen LogP contribution in [-0.2, 0) is 11.3 Å². The first-order chi connectivity index (χ1) is 10.0. The van der Waals surface area contributed by atoms with Crippen molar-refractivity contribution in [1.82, 2.24) is 0 Å². The van der Waals surface area contributed by atoms with Crippen LogP contribution in [0.1, 0.15) is 51.2 Å². The summed E-state index contributed by atoms with van der Waals surface area (Å²) >= 11 is 0. The maximum absolute atomic E-state index is 14.1. The van der Waals surface area contributed by atoms with Crippen molar-refractivity contribution in [2.45, 2.75) is 52.7 Å². The smallest absolute Gasteiger partial charge is 0.146 e. The summed E-state index contributed by atoms with van der Waals surface area (Å²) in [7, 11) is 0. The highest BCUT2D eigenvalue weighted by molar-refractivity contribution is 5.34. The first-order valence-electron chi connectivity index (χ1n) is 7.82. The minimum Gasteiger partial charge on any atom is -0.373 e. The van der Waals surface area contributed by atoms with Gasteiger partial charge in [-0.2, -0.15) is 5.26 Å². The van der Waals surface area contributed by atoms with Crippen molar-refractivity contribution in [2.75, 3.05) is 0 Å². The summed E-state index contributed by atoms with van der Waals surface area (Å²) < 4.78 is 20.1. The highest BCUT2D eigenvalue weighted by atomic mass is 19.1. The van der Waals surface area contributed by atoms with Gasteiger partial charge in [0.1, 0.15) is 11.9 Å². The molecule has 1 aliphatic carbocycles. The molecular weight excluding hydrogens is 265 g/mol. The van der Waals surface area contributed by atoms with Gasteiger partial charge in [-0.05, 0) is 36.7 Å². The van der Waals surface area contributed by atoms with Gasteiger partial charge in [-0.3, -0.25) is 0 Å². The van der Waals surface area contributed by atoms with Gasteiger partial charge in [-0.15, -0.1) is 0 Å². The Balaban J connectivity index is 2.05. The van der Waals surface area contributed by atoms with Crippen LogP contribution in [0.2, 0.25) is 0 Å². The zero-order chi connectivity index (χ0) is 15.4. The zero-order valence-corrected chi connectivity index (χ0v) is 13.1. The second-order valence-electron chi connectivity index (χ2n) is 6.57. The van der Waals surface area contributed by atoms with Gasteiger partial charge in [-0.25, -0.2) is 4.39 Å². The highest BCUT2D eigenvalue weighted by Gasteiger charge is 2.31. The molecule has 1 aliphatic rings. The summed E-state index contributed by atoms with van der Waals surface area (Å²) in [4.78, 5) is 0. The van der Waals surface area contributed by atoms with Crippen LogP contribution in [0, 0.1) is 34.9 Å². The van der Waals surface area contributed by atoms with E-state index in [0.29, 0.717) is 23.3 Å². The number of benzene rings is 1. The molecule has 0 radical (unpaired) electrons. The Bertz CT molecular complexity index is 520. The molecule has 2 rings (SSSR count). The topological polar surface area (TPSA) is 33.0 Å². The second kappa shape index (κ2) is 7.04. The van der Waals surface area contributed by atoms with Gasteiger partial charge in [0.25, 0.3) is 0 Å². The lowest BCUT2D eigenvalue weighted by Gasteiger charge is -2.37. The minimum absolute atomic E-state index is 0.0912. The third-order valence-corrected chi connectivity index (χ3v) is 4.61. The van der Waals surface area contributed by atoms with Crippen LogP contribution in [-0.4, -0.2) is 6.10 Å². The Labute approximate surface area is 126 Å². The predicted octanol–water partition coefficient (Wildman–Crippen LogP) is 4.67. The molecule has 3 heteroatoms. The highest BCUT2D eigenvalue weighted by Crippen LogP contribution is 2.35. The number of hydrogen-bond acceptors (Lipinski definition) is 2. The van der Waals surface area contributed by atoms with Crippen molar-refractivity contribution >= 4 is 0 Å². The van der Waals surface area contributed by atoms with Crippen molar-refractivity contribution in [3.8, 4) is 6.07 Å². The average molecular weight is 289 g/mol. The van der Waals surface area contributed by atoms with Crippen LogP contribution < -0.4 is 0 Å². The molecule has 0 saturated heterocycles. The lowest BCUT2D eigenvalue weighted by Crippen LogP contribution is -2.34. The number of nitriles is 1. The number of rotatable bonds is 4. The Morgan fingerprint density at radius 2 is 2.14 bits per heavy atom. The van der Waals surface area contributed by atoms with Crippen molar-refractivity contribution in [2.24, 2.45) is 17.8 Å². The Hall–Kier alpha value is -1.40. The van der Waals surface area contributed by atoms with Gasteiger partial charge in [0.15, 0.2) is 0 Å². The van der Waals surface area contributed by atoms with Crippen molar-refractivity contribution in [3.63, 3.8) is 0 Å². The van der Waals surface area contributed by atoms with Crippen LogP contribution in [0.5, 0.6) is 0 Å². The van der Waals surface area contributed by atoms with Crippen molar-refractivity contribution in [1.29, 1.82) is 5.26 Å². The molecule has 0 N–H and O–H groups in total. The fourth-order valence-electron chi connectivity index (χ4n) is 3.28. The van der Waals surface area contributed by atoms with Gasteiger partial charge in [-0.1, -0.05) is 39.3 Å². The van der Waals surface area contributed by atoms with Crippen LogP contribution in [0.3, 0.4) is 0 Å². The Kier molecular flexibility index (Phi) is 5.36. The Morgan fingerprint density at radius 3 is 2.81 bits per heavy atom. The maximum atomic E-state index is 14.1. The van der Waals surface area contributed by atoms with Gasteiger partial charge in [0.2, 0.25) is 0 Å². The van der Waals surface area contributed by atoms with E-state index in [1.54, 1.807) is 12.1 Å². The molecule has 1 saturated carbocycles. The van der Waals surface area contributed by atoms with Crippen LogP contribution in [0.25, 0.3) is 0 Å². The van der Waals surface area contributed by atoms with E-state index < -0.39 is 5.82 Å². The molecule has 0 aliphatic heterocycles. The lowest BCUT2D eigenvalue weighted by molar-refractivity contribution is -0.0480. The fraction of sp³-hybridized carbons (Fsp3) is 0.611. The van der Waals surface area contributed by atoms with Gasteiger partial charge >= 0.3 is 0 Å². The van der Waals surface area contributed by atoms with E-state index in [4.69, 9.17) is 10.00 Å². The average Bonchev–Trinajstić information content (AvgIpc) is 2.46. The number of ether oxygens (including phenoxy) is 1. The summed E-state index contributed by atoms with van der Waals surface area (Å²) in [5, 5.41) is 8.88. The van der Waals surface area contributed by atoms with E-state index in [9.17, 15) is 4.39 Å². The molecule has 21 heavy (non-hydrogen) atoms. The summed E-state index contributed by atoms with van der Waals surface area (Å²) in [5.74, 6) is 1.35. The summed E-state index contributed by atoms with van der Waals surface area (Å²) in [5.41, 5.74) is 0.573. The molecule has 2 nitrogen and oxygen atoms in total. The number of halogens is 1. The second-order valence-corrected chi connectivity index (χ2v) is 6.57. The normalized spacial score (nSPS) is 25.8. The van der Waals surface area contributed by atoms with Crippen LogP contribution >= 0.6 is 0 Å². The summed E-state index contributed by atoms with van der Waals surface area (Å²) in [6.07, 6.45) is 3.67. The molecule has 1 aromatic carbocycles. The molecule has 3 unspecified atom stereocenters. The van der Waals surface area contributed by atoms with E-state index in [1.807, 2.05) is 6.07 Å². The van der Waals surface area contributed by atoms with E-state index in [-0.39, 0.29) is 18.3 Å². The first kappa shape index (κ1) is 16.0. The molecule has 3 atom stereocenters. The Morgan fingerprint density at radius 1 is 1.38 bits per heavy atom. The monoisotopic (exact) mass is 289 g/mol. The number of nitrogens with zero attached hydrogens (tertiary/aromatic N) is 1. The third kappa shape index (κ3) is 3.83. The first-order valence-corrected chi connectivity index (χ1v) is 7.82. The standard InChI is InChI=1S/C18H24FNO/c1-12(2)16-8-7-13(3)9-17(16)21-11-15-6-4-5-14(10-20)18(15)19/h4-6,12-13,16-17H,7-9,11H2,1-3H3. The molecular formula is C18H24FNO. The maximum Gasteiger partial charge on any atom is 0.146 e. The van der Waals surface area contributed by atoms with Gasteiger partial charge < -0.3 is 4.74 Å². The third-order valence-electron chi connectivity index (χ3n) is 4.61. The van der Waals surface area contributed by atoms with Gasteiger partial charge in [0, 0.05) is 5.56 Å². The SMILES string of the molecule is CC1CCC(C(C)C)C(OCc2cccc(C#N)c2F)C1. The number of hydrogen-bond donors (Lipinski definition) is 0. The van der Waals surface area contributed by atoms with Crippen LogP contribution in [0.4, 0.5) is 4.39 Å². The van der Waals surface area contributed by atoms with E-state index in [1.165, 1.54) is 18.9 Å². The molecule has 1 fully saturated rings. The zero-order valence-electron chi connectivity index (χ0n) is 13.1. The minimum atomic E-state index is -0.440. The molecule has 114 valence electrons. The quantitative estimate of drug-likeness (QED) is 0.806. The fourth-order valence-corrected chi connectivity index (χ4v) is 3.28. The van der Waals surface area contributed by atoms with Crippen molar-refractivity contribution in [3.05, 3.63) is 35.1 Å². The molecule has 0 aromatic heterocycles. The summed E-state index contributed by atoms with van der Waals surface area (Å²) in [6, 6.07) is 6.79. The van der Waals surface area contributed by atoms with Crippen LogP contribution in [0.15, 0.2) is 18.2 Å². The van der Waals surface area contributed by atoms with E-state index in [2.05, 4.69) is 20.8 Å². The molecule has 0 spiro atoms.